The predicted octanol–water partition coefficient (Wildman–Crippen LogP) is 2.75. The zero-order chi connectivity index (χ0) is 12.6. The van der Waals surface area contributed by atoms with Crippen molar-refractivity contribution in [3.8, 4) is 5.75 Å². The molecule has 2 N–H and O–H groups in total. The fourth-order valence-corrected chi connectivity index (χ4v) is 2.04. The van der Waals surface area contributed by atoms with Crippen LogP contribution in [0.2, 0.25) is 0 Å². The Morgan fingerprint density at radius 1 is 1.47 bits per heavy atom. The molecule has 2 unspecified atom stereocenters. The molecular formula is C12H14F3NO. The van der Waals surface area contributed by atoms with E-state index in [9.17, 15) is 13.2 Å². The fraction of sp³-hybridized carbons (Fsp3) is 0.500. The Labute approximate surface area is 97.6 Å². The van der Waals surface area contributed by atoms with Crippen molar-refractivity contribution in [1.29, 1.82) is 0 Å². The smallest absolute Gasteiger partial charge is 0.416 e. The van der Waals surface area contributed by atoms with Gasteiger partial charge in [0.05, 0.1) is 5.56 Å². The maximum Gasteiger partial charge on any atom is 0.416 e. The molecule has 0 amide bonds. The second-order valence-corrected chi connectivity index (χ2v) is 4.48. The summed E-state index contributed by atoms with van der Waals surface area (Å²) in [6.07, 6.45) is -3.25. The summed E-state index contributed by atoms with van der Waals surface area (Å²) in [4.78, 5) is 0. The van der Waals surface area contributed by atoms with E-state index in [1.807, 2.05) is 6.92 Å². The molecule has 2 rings (SSSR count). The van der Waals surface area contributed by atoms with Crippen LogP contribution in [-0.2, 0) is 12.6 Å². The average molecular weight is 245 g/mol. The molecule has 1 aliphatic heterocycles. The lowest BCUT2D eigenvalue weighted by molar-refractivity contribution is -0.137. The van der Waals surface area contributed by atoms with Gasteiger partial charge in [-0.3, -0.25) is 0 Å². The summed E-state index contributed by atoms with van der Waals surface area (Å²) >= 11 is 0. The number of rotatable bonds is 2. The minimum Gasteiger partial charge on any atom is -0.490 e. The van der Waals surface area contributed by atoms with Crippen LogP contribution in [0.5, 0.6) is 5.75 Å². The number of hydrogen-bond acceptors (Lipinski definition) is 2. The quantitative estimate of drug-likeness (QED) is 0.869. The lowest BCUT2D eigenvalue weighted by Crippen LogP contribution is -2.25. The average Bonchev–Trinajstić information content (AvgIpc) is 2.55. The maximum absolute atomic E-state index is 12.5. The molecule has 0 saturated carbocycles. The van der Waals surface area contributed by atoms with Gasteiger partial charge >= 0.3 is 6.18 Å². The number of benzene rings is 1. The number of alkyl halides is 3. The minimum absolute atomic E-state index is 0.0172. The van der Waals surface area contributed by atoms with Crippen LogP contribution >= 0.6 is 0 Å². The first-order valence-corrected chi connectivity index (χ1v) is 5.48. The lowest BCUT2D eigenvalue weighted by Gasteiger charge is -2.12. The van der Waals surface area contributed by atoms with Crippen molar-refractivity contribution in [3.05, 3.63) is 29.3 Å². The standard InChI is InChI=1S/C12H14F3NO/c1-7(16)4-10-6-8-5-9(12(13,14)15)2-3-11(8)17-10/h2-3,5,7,10H,4,6,16H2,1H3. The van der Waals surface area contributed by atoms with Crippen LogP contribution in [0.15, 0.2) is 18.2 Å². The number of ether oxygens (including phenoxy) is 1. The molecule has 1 aliphatic rings. The molecule has 1 heterocycles. The number of hydrogen-bond donors (Lipinski definition) is 1. The van der Waals surface area contributed by atoms with Gasteiger partial charge in [0, 0.05) is 12.5 Å². The van der Waals surface area contributed by atoms with E-state index in [2.05, 4.69) is 0 Å². The van der Waals surface area contributed by atoms with Gasteiger partial charge in [-0.15, -0.1) is 0 Å². The highest BCUT2D eigenvalue weighted by molar-refractivity contribution is 5.41. The summed E-state index contributed by atoms with van der Waals surface area (Å²) in [5, 5.41) is 0. The van der Waals surface area contributed by atoms with Crippen LogP contribution in [0.25, 0.3) is 0 Å². The van der Waals surface area contributed by atoms with E-state index < -0.39 is 11.7 Å². The third-order valence-electron chi connectivity index (χ3n) is 2.76. The zero-order valence-electron chi connectivity index (χ0n) is 9.42. The SMILES string of the molecule is CC(N)CC1Cc2cc(C(F)(F)F)ccc2O1. The molecule has 0 saturated heterocycles. The highest BCUT2D eigenvalue weighted by Gasteiger charge is 2.33. The van der Waals surface area contributed by atoms with E-state index >= 15 is 0 Å². The molecule has 0 spiro atoms. The summed E-state index contributed by atoms with van der Waals surface area (Å²) in [5.41, 5.74) is 5.64. The summed E-state index contributed by atoms with van der Waals surface area (Å²) in [7, 11) is 0. The van der Waals surface area contributed by atoms with Crippen LogP contribution < -0.4 is 10.5 Å². The molecule has 5 heteroatoms. The zero-order valence-corrected chi connectivity index (χ0v) is 9.42. The Hall–Kier alpha value is -1.23. The van der Waals surface area contributed by atoms with E-state index in [0.717, 1.165) is 12.1 Å². The van der Waals surface area contributed by atoms with E-state index in [1.165, 1.54) is 6.07 Å². The Balaban J connectivity index is 2.17. The van der Waals surface area contributed by atoms with Gasteiger partial charge in [-0.1, -0.05) is 0 Å². The van der Waals surface area contributed by atoms with Crippen LogP contribution in [0, 0.1) is 0 Å². The van der Waals surface area contributed by atoms with Gasteiger partial charge < -0.3 is 10.5 Å². The van der Waals surface area contributed by atoms with Gasteiger partial charge in [-0.25, -0.2) is 0 Å². The Morgan fingerprint density at radius 2 is 2.18 bits per heavy atom. The molecule has 17 heavy (non-hydrogen) atoms. The molecule has 94 valence electrons. The summed E-state index contributed by atoms with van der Waals surface area (Å²) in [6.45, 7) is 1.85. The van der Waals surface area contributed by atoms with Gasteiger partial charge in [0.15, 0.2) is 0 Å². The number of fused-ring (bicyclic) bond motifs is 1. The molecule has 1 aromatic rings. The van der Waals surface area contributed by atoms with Crippen molar-refractivity contribution >= 4 is 0 Å². The Kier molecular flexibility index (Phi) is 3.03. The molecular weight excluding hydrogens is 231 g/mol. The summed E-state index contributed by atoms with van der Waals surface area (Å²) in [6, 6.07) is 3.58. The maximum atomic E-state index is 12.5. The van der Waals surface area contributed by atoms with E-state index in [1.54, 1.807) is 0 Å². The predicted molar refractivity (Wildman–Crippen MR) is 57.8 cm³/mol. The van der Waals surface area contributed by atoms with Gasteiger partial charge in [-0.2, -0.15) is 13.2 Å². The topological polar surface area (TPSA) is 35.2 Å². The normalized spacial score (nSPS) is 20.9. The highest BCUT2D eigenvalue weighted by Crippen LogP contribution is 2.36. The second kappa shape index (κ2) is 4.22. The third kappa shape index (κ3) is 2.72. The lowest BCUT2D eigenvalue weighted by atomic mass is 10.0. The Morgan fingerprint density at radius 3 is 2.76 bits per heavy atom. The molecule has 0 bridgehead atoms. The van der Waals surface area contributed by atoms with Crippen LogP contribution in [0.4, 0.5) is 13.2 Å². The molecule has 1 aromatic carbocycles. The van der Waals surface area contributed by atoms with Crippen molar-refractivity contribution in [1.82, 2.24) is 0 Å². The van der Waals surface area contributed by atoms with Crippen LogP contribution in [0.1, 0.15) is 24.5 Å². The van der Waals surface area contributed by atoms with E-state index in [4.69, 9.17) is 10.5 Å². The third-order valence-corrected chi connectivity index (χ3v) is 2.76. The largest absolute Gasteiger partial charge is 0.490 e. The fourth-order valence-electron chi connectivity index (χ4n) is 2.04. The van der Waals surface area contributed by atoms with Crippen LogP contribution in [0.3, 0.4) is 0 Å². The van der Waals surface area contributed by atoms with Crippen molar-refractivity contribution < 1.29 is 17.9 Å². The van der Waals surface area contributed by atoms with Gasteiger partial charge in [0.1, 0.15) is 11.9 Å². The minimum atomic E-state index is -4.30. The van der Waals surface area contributed by atoms with E-state index in [-0.39, 0.29) is 12.1 Å². The number of halogens is 3. The highest BCUT2D eigenvalue weighted by atomic mass is 19.4. The first-order chi connectivity index (χ1) is 7.86. The van der Waals surface area contributed by atoms with Gasteiger partial charge in [-0.05, 0) is 37.1 Å². The van der Waals surface area contributed by atoms with Crippen molar-refractivity contribution in [3.63, 3.8) is 0 Å². The number of nitrogens with two attached hydrogens (primary N) is 1. The van der Waals surface area contributed by atoms with Crippen molar-refractivity contribution in [2.45, 2.75) is 38.1 Å². The molecule has 0 radical (unpaired) electrons. The first-order valence-electron chi connectivity index (χ1n) is 5.48. The van der Waals surface area contributed by atoms with Crippen molar-refractivity contribution in [2.75, 3.05) is 0 Å². The molecule has 0 aliphatic carbocycles. The van der Waals surface area contributed by atoms with Crippen LogP contribution in [-0.4, -0.2) is 12.1 Å². The monoisotopic (exact) mass is 245 g/mol. The van der Waals surface area contributed by atoms with Gasteiger partial charge in [0.25, 0.3) is 0 Å². The first kappa shape index (κ1) is 12.2. The van der Waals surface area contributed by atoms with E-state index in [0.29, 0.717) is 24.2 Å². The molecule has 2 nitrogen and oxygen atoms in total. The summed E-state index contributed by atoms with van der Waals surface area (Å²) in [5.74, 6) is 0.545. The Bertz CT molecular complexity index is 415. The molecule has 0 fully saturated rings. The molecule has 0 aromatic heterocycles. The van der Waals surface area contributed by atoms with Gasteiger partial charge in [0.2, 0.25) is 0 Å². The summed E-state index contributed by atoms with van der Waals surface area (Å²) < 4.78 is 43.0. The molecule has 2 atom stereocenters. The van der Waals surface area contributed by atoms with Crippen molar-refractivity contribution in [2.24, 2.45) is 5.73 Å². The second-order valence-electron chi connectivity index (χ2n) is 4.48.